The van der Waals surface area contributed by atoms with E-state index in [2.05, 4.69) is 20.6 Å². The maximum Gasteiger partial charge on any atom is 0.256 e. The van der Waals surface area contributed by atoms with E-state index < -0.39 is 0 Å². The van der Waals surface area contributed by atoms with Gasteiger partial charge in [0.15, 0.2) is 0 Å². The molecule has 0 saturated heterocycles. The van der Waals surface area contributed by atoms with Crippen molar-refractivity contribution in [2.75, 3.05) is 10.6 Å². The minimum Gasteiger partial charge on any atom is -0.350 e. The topological polar surface area (TPSA) is 71.8 Å². The highest BCUT2D eigenvalue weighted by molar-refractivity contribution is 6.36. The lowest BCUT2D eigenvalue weighted by Crippen LogP contribution is -2.03. The first-order valence-electron chi connectivity index (χ1n) is 11.2. The van der Waals surface area contributed by atoms with Gasteiger partial charge in [0.05, 0.1) is 10.7 Å². The number of halogens is 2. The van der Waals surface area contributed by atoms with Crippen molar-refractivity contribution in [1.82, 2.24) is 14.5 Å². The maximum absolute atomic E-state index is 12.6. The van der Waals surface area contributed by atoms with Gasteiger partial charge in [-0.3, -0.25) is 4.79 Å². The Morgan fingerprint density at radius 1 is 1.00 bits per heavy atom. The van der Waals surface area contributed by atoms with Crippen molar-refractivity contribution in [3.63, 3.8) is 0 Å². The highest BCUT2D eigenvalue weighted by Crippen LogP contribution is 2.35. The largest absolute Gasteiger partial charge is 0.350 e. The summed E-state index contributed by atoms with van der Waals surface area (Å²) in [7, 11) is 1.99. The Bertz CT molecular complexity index is 1710. The Kier molecular flexibility index (Phi) is 5.48. The van der Waals surface area contributed by atoms with Crippen molar-refractivity contribution in [3.05, 3.63) is 100 Å². The second kappa shape index (κ2) is 8.82. The van der Waals surface area contributed by atoms with Crippen LogP contribution in [-0.2, 0) is 11.8 Å². The van der Waals surface area contributed by atoms with Crippen molar-refractivity contribution in [1.29, 1.82) is 0 Å². The lowest BCUT2D eigenvalue weighted by atomic mass is 10.0. The Balaban J connectivity index is 1.36. The summed E-state index contributed by atoms with van der Waals surface area (Å²) in [6.07, 6.45) is 5.64. The van der Waals surface area contributed by atoms with Gasteiger partial charge < -0.3 is 15.2 Å². The Morgan fingerprint density at radius 2 is 1.86 bits per heavy atom. The number of nitrogens with zero attached hydrogens (tertiary/aromatic N) is 3. The summed E-state index contributed by atoms with van der Waals surface area (Å²) in [5, 5.41) is 8.32. The summed E-state index contributed by atoms with van der Waals surface area (Å²) in [5.41, 5.74) is 6.65. The number of carbonyl (C=O) groups is 1. The number of nitrogens with one attached hydrogen (secondary N) is 2. The molecule has 0 atom stereocenters. The predicted octanol–water partition coefficient (Wildman–Crippen LogP) is 7.18. The highest BCUT2D eigenvalue weighted by atomic mass is 35.5. The molecule has 2 aromatic heterocycles. The first kappa shape index (κ1) is 22.3. The van der Waals surface area contributed by atoms with Gasteiger partial charge in [-0.1, -0.05) is 41.4 Å². The van der Waals surface area contributed by atoms with E-state index in [0.717, 1.165) is 39.0 Å². The molecule has 6 nitrogen and oxygen atoms in total. The van der Waals surface area contributed by atoms with Crippen LogP contribution >= 0.6 is 23.2 Å². The van der Waals surface area contributed by atoms with Crippen molar-refractivity contribution < 1.29 is 4.79 Å². The maximum atomic E-state index is 12.6. The molecule has 5 aromatic rings. The summed E-state index contributed by atoms with van der Waals surface area (Å²) >= 11 is 12.4. The fourth-order valence-electron chi connectivity index (χ4n) is 4.45. The second-order valence-corrected chi connectivity index (χ2v) is 9.34. The molecule has 0 unspecified atom stereocenters. The summed E-state index contributed by atoms with van der Waals surface area (Å²) in [4.78, 5) is 21.7. The summed E-state index contributed by atoms with van der Waals surface area (Å²) in [5.74, 6) is 0.339. The molecule has 0 aliphatic carbocycles. The number of aromatic nitrogens is 3. The van der Waals surface area contributed by atoms with Crippen LogP contribution in [0.1, 0.15) is 11.1 Å². The van der Waals surface area contributed by atoms with Gasteiger partial charge in [0.25, 0.3) is 5.91 Å². The van der Waals surface area contributed by atoms with Gasteiger partial charge >= 0.3 is 0 Å². The molecule has 3 heterocycles. The van der Waals surface area contributed by atoms with Gasteiger partial charge in [-0.2, -0.15) is 0 Å². The van der Waals surface area contributed by atoms with Crippen LogP contribution < -0.4 is 10.6 Å². The first-order chi connectivity index (χ1) is 17.5. The smallest absolute Gasteiger partial charge is 0.256 e. The average Bonchev–Trinajstić information content (AvgIpc) is 3.35. The van der Waals surface area contributed by atoms with E-state index in [0.29, 0.717) is 27.3 Å². The molecule has 176 valence electrons. The Hall–Kier alpha value is -4.13. The molecule has 1 aliphatic heterocycles. The van der Waals surface area contributed by atoms with Gasteiger partial charge in [-0.15, -0.1) is 0 Å². The number of hydrogen-bond donors (Lipinski definition) is 2. The molecular weight excluding hydrogens is 493 g/mol. The molecule has 0 bridgehead atoms. The number of carbonyl (C=O) groups excluding carboxylic acids is 1. The highest BCUT2D eigenvalue weighted by Gasteiger charge is 2.24. The van der Waals surface area contributed by atoms with Crippen LogP contribution in [0.25, 0.3) is 33.8 Å². The summed E-state index contributed by atoms with van der Waals surface area (Å²) in [6.45, 7) is 0. The Morgan fingerprint density at radius 3 is 2.72 bits per heavy atom. The number of aryl methyl sites for hydroxylation is 1. The molecule has 36 heavy (non-hydrogen) atoms. The van der Waals surface area contributed by atoms with Crippen molar-refractivity contribution in [2.45, 2.75) is 0 Å². The first-order valence-corrected chi connectivity index (χ1v) is 12.0. The molecule has 1 aliphatic rings. The minimum atomic E-state index is -0.103. The number of fused-ring (bicyclic) bond motifs is 2. The molecule has 0 fully saturated rings. The van der Waals surface area contributed by atoms with Crippen molar-refractivity contribution in [2.24, 2.45) is 7.05 Å². The summed E-state index contributed by atoms with van der Waals surface area (Å²) in [6, 6.07) is 20.9. The predicted molar refractivity (Wildman–Crippen MR) is 147 cm³/mol. The van der Waals surface area contributed by atoms with Gasteiger partial charge in [-0.05, 0) is 54.6 Å². The SMILES string of the molecule is Cn1cc(/C=C2/C(=O)Nc3ccccc32)c2cc(Nc3nccc(-c4ccc(Cl)cc4Cl)n3)ccc21. The monoisotopic (exact) mass is 511 g/mol. The third kappa shape index (κ3) is 4.00. The molecule has 6 rings (SSSR count). The standard InChI is InChI=1S/C28H19Cl2N5O/c1-35-15-16(12-22-19-4-2-3-5-24(19)33-27(22)36)21-14-18(7-9-26(21)35)32-28-31-11-10-25(34-28)20-8-6-17(29)13-23(20)30/h2-15H,1H3,(H,33,36)(H,31,32,34)/b22-12+. The third-order valence-electron chi connectivity index (χ3n) is 6.15. The number of benzene rings is 3. The van der Waals surface area contributed by atoms with Crippen LogP contribution in [0, 0.1) is 0 Å². The zero-order valence-corrected chi connectivity index (χ0v) is 20.6. The van der Waals surface area contributed by atoms with E-state index in [1.54, 1.807) is 24.4 Å². The van der Waals surface area contributed by atoms with Gasteiger partial charge in [0.1, 0.15) is 0 Å². The minimum absolute atomic E-state index is 0.103. The molecule has 2 N–H and O–H groups in total. The molecular formula is C28H19Cl2N5O. The number of amides is 1. The van der Waals surface area contributed by atoms with Gasteiger partial charge in [0.2, 0.25) is 5.95 Å². The van der Waals surface area contributed by atoms with E-state index in [1.807, 2.05) is 72.4 Å². The van der Waals surface area contributed by atoms with Gasteiger partial charge in [0, 0.05) is 69.0 Å². The summed E-state index contributed by atoms with van der Waals surface area (Å²) < 4.78 is 2.05. The van der Waals surface area contributed by atoms with E-state index in [4.69, 9.17) is 23.2 Å². The lowest BCUT2D eigenvalue weighted by Gasteiger charge is -2.09. The number of para-hydroxylation sites is 1. The molecule has 8 heteroatoms. The molecule has 0 saturated carbocycles. The van der Waals surface area contributed by atoms with Crippen LogP contribution in [0.5, 0.6) is 0 Å². The molecule has 0 spiro atoms. The van der Waals surface area contributed by atoms with E-state index >= 15 is 0 Å². The van der Waals surface area contributed by atoms with Crippen LogP contribution in [-0.4, -0.2) is 20.4 Å². The van der Waals surface area contributed by atoms with Crippen LogP contribution in [0.15, 0.2) is 79.1 Å². The van der Waals surface area contributed by atoms with Crippen molar-refractivity contribution in [3.8, 4) is 11.3 Å². The molecule has 0 radical (unpaired) electrons. The number of rotatable bonds is 4. The average molecular weight is 512 g/mol. The number of hydrogen-bond acceptors (Lipinski definition) is 4. The lowest BCUT2D eigenvalue weighted by molar-refractivity contribution is -0.110. The van der Waals surface area contributed by atoms with Crippen LogP contribution in [0.3, 0.4) is 0 Å². The van der Waals surface area contributed by atoms with Crippen LogP contribution in [0.2, 0.25) is 10.0 Å². The van der Waals surface area contributed by atoms with Crippen molar-refractivity contribution >= 4 is 69.0 Å². The zero-order chi connectivity index (χ0) is 24.8. The molecule has 1 amide bonds. The molecule has 3 aromatic carbocycles. The third-order valence-corrected chi connectivity index (χ3v) is 6.70. The van der Waals surface area contributed by atoms with Crippen LogP contribution in [0.4, 0.5) is 17.3 Å². The zero-order valence-electron chi connectivity index (χ0n) is 19.1. The quantitative estimate of drug-likeness (QED) is 0.250. The second-order valence-electron chi connectivity index (χ2n) is 8.50. The van der Waals surface area contributed by atoms with E-state index in [1.165, 1.54) is 0 Å². The van der Waals surface area contributed by atoms with Gasteiger partial charge in [-0.25, -0.2) is 9.97 Å². The normalized spacial score (nSPS) is 13.8. The number of anilines is 3. The fraction of sp³-hybridized carbons (Fsp3) is 0.0357. The Labute approximate surface area is 217 Å². The van der Waals surface area contributed by atoms with E-state index in [9.17, 15) is 4.79 Å². The van der Waals surface area contributed by atoms with E-state index in [-0.39, 0.29) is 5.91 Å². The fourth-order valence-corrected chi connectivity index (χ4v) is 4.95.